The molecule has 0 aliphatic carbocycles. The molecule has 0 bridgehead atoms. The lowest BCUT2D eigenvalue weighted by molar-refractivity contribution is -0.161. The van der Waals surface area contributed by atoms with Crippen LogP contribution in [0.2, 0.25) is 0 Å². The first kappa shape index (κ1) is 97.7. The summed E-state index contributed by atoms with van der Waals surface area (Å²) in [6.45, 7) is 4.61. The topological polar surface area (TPSA) is 237 Å². The summed E-state index contributed by atoms with van der Waals surface area (Å²) in [4.78, 5) is 73.0. The molecule has 0 saturated heterocycles. The van der Waals surface area contributed by atoms with E-state index in [1.54, 1.807) is 0 Å². The first-order chi connectivity index (χ1) is 49.7. The quantitative estimate of drug-likeness (QED) is 0.0169. The smallest absolute Gasteiger partial charge is 0.462 e. The van der Waals surface area contributed by atoms with E-state index in [4.69, 9.17) is 37.0 Å². The highest BCUT2D eigenvalue weighted by atomic mass is 31.2. The molecule has 0 aromatic rings. The molecule has 0 aliphatic rings. The van der Waals surface area contributed by atoms with Crippen LogP contribution in [0.25, 0.3) is 0 Å². The fraction of sp³-hybridized carbons (Fsp3) is 0.735. The second-order valence-electron chi connectivity index (χ2n) is 26.6. The van der Waals surface area contributed by atoms with Crippen LogP contribution in [0.3, 0.4) is 0 Å². The zero-order valence-corrected chi connectivity index (χ0v) is 66.0. The van der Waals surface area contributed by atoms with Gasteiger partial charge >= 0.3 is 39.5 Å². The predicted octanol–water partition coefficient (Wildman–Crippen LogP) is 23.3. The summed E-state index contributed by atoms with van der Waals surface area (Å²) in [6, 6.07) is 0. The van der Waals surface area contributed by atoms with Gasteiger partial charge in [0, 0.05) is 25.7 Å². The van der Waals surface area contributed by atoms with E-state index in [1.807, 2.05) is 0 Å². The maximum Gasteiger partial charge on any atom is 0.472 e. The Balaban J connectivity index is 5.38. The summed E-state index contributed by atoms with van der Waals surface area (Å²) in [7, 11) is -9.97. The van der Waals surface area contributed by atoms with Crippen molar-refractivity contribution in [3.05, 3.63) is 109 Å². The second-order valence-corrected chi connectivity index (χ2v) is 29.5. The van der Waals surface area contributed by atoms with Crippen molar-refractivity contribution in [2.45, 2.75) is 354 Å². The van der Waals surface area contributed by atoms with Gasteiger partial charge in [0.1, 0.15) is 19.3 Å². The Morgan fingerprint density at radius 3 is 0.804 bits per heavy atom. The summed E-state index contributed by atoms with van der Waals surface area (Å²) < 4.78 is 68.6. The van der Waals surface area contributed by atoms with Gasteiger partial charge in [-0.25, -0.2) is 9.13 Å². The molecule has 0 radical (unpaired) electrons. The van der Waals surface area contributed by atoms with E-state index >= 15 is 0 Å². The van der Waals surface area contributed by atoms with Gasteiger partial charge in [0.2, 0.25) is 0 Å². The van der Waals surface area contributed by atoms with Gasteiger partial charge in [-0.1, -0.05) is 291 Å². The van der Waals surface area contributed by atoms with Gasteiger partial charge in [-0.2, -0.15) is 0 Å². The highest BCUT2D eigenvalue weighted by Gasteiger charge is 2.30. The molecule has 17 nitrogen and oxygen atoms in total. The van der Waals surface area contributed by atoms with Crippen molar-refractivity contribution in [3.8, 4) is 0 Å². The molecule has 0 heterocycles. The molecule has 5 atom stereocenters. The number of rotatable bonds is 75. The van der Waals surface area contributed by atoms with Crippen molar-refractivity contribution in [1.29, 1.82) is 0 Å². The molecule has 0 rings (SSSR count). The average molecular weight is 1480 g/mol. The number of allylic oxidation sites excluding steroid dienone is 18. The summed E-state index contributed by atoms with van der Waals surface area (Å²) in [5.41, 5.74) is 0. The van der Waals surface area contributed by atoms with E-state index in [1.165, 1.54) is 89.9 Å². The van der Waals surface area contributed by atoms with Crippen LogP contribution in [0.15, 0.2) is 109 Å². The van der Waals surface area contributed by atoms with Crippen LogP contribution in [0.4, 0.5) is 0 Å². The Morgan fingerprint density at radius 2 is 0.510 bits per heavy atom. The van der Waals surface area contributed by atoms with E-state index in [9.17, 15) is 43.2 Å². The molecule has 0 aliphatic heterocycles. The van der Waals surface area contributed by atoms with Crippen LogP contribution >= 0.6 is 15.6 Å². The number of carbonyl (C=O) groups excluding carboxylic acids is 4. The maximum absolute atomic E-state index is 13.1. The Hall–Kier alpha value is -4.28. The monoisotopic (exact) mass is 1470 g/mol. The van der Waals surface area contributed by atoms with Crippen molar-refractivity contribution in [3.63, 3.8) is 0 Å². The lowest BCUT2D eigenvalue weighted by atomic mass is 10.0. The number of phosphoric acid groups is 2. The van der Waals surface area contributed by atoms with Crippen molar-refractivity contribution in [2.24, 2.45) is 0 Å². The Labute approximate surface area is 619 Å². The third-order valence-corrected chi connectivity index (χ3v) is 18.6. The summed E-state index contributed by atoms with van der Waals surface area (Å²) >= 11 is 0. The highest BCUT2D eigenvalue weighted by molar-refractivity contribution is 7.47. The van der Waals surface area contributed by atoms with E-state index < -0.39 is 97.5 Å². The van der Waals surface area contributed by atoms with E-state index in [0.717, 1.165) is 167 Å². The predicted molar refractivity (Wildman–Crippen MR) is 418 cm³/mol. The minimum atomic E-state index is -4.98. The van der Waals surface area contributed by atoms with Crippen LogP contribution in [0, 0.1) is 0 Å². The molecule has 102 heavy (non-hydrogen) atoms. The van der Waals surface area contributed by atoms with Gasteiger partial charge in [0.05, 0.1) is 26.4 Å². The molecule has 0 saturated carbocycles. The van der Waals surface area contributed by atoms with Gasteiger partial charge in [0.15, 0.2) is 12.2 Å². The standard InChI is InChI=1S/C83H144O17P2/c1-5-9-13-17-21-25-29-33-36-37-38-39-42-45-48-52-56-60-64-68-81(86)94-73-78(99-82(87)69-65-61-57-53-49-43-32-28-24-20-16-12-8-4)75-97-101(89,90)95-71-77(84)72-96-102(91,92)98-76-79(100-83(88)70-66-62-58-54-50-46-41-35-31-27-23-19-15-11-7-3)74-93-80(85)67-63-59-55-51-47-44-40-34-30-26-22-18-14-10-6-2/h9-10,13-14,21-22,25-26,33-36,38-41,45,48,77-79,84H,5-8,11-12,15-20,23-24,27-32,37,42-44,46-47,49-76H2,1-4H3,(H,89,90)(H,91,92)/b13-9-,14-10-,25-21-,26-22-,36-33-,39-38-,40-34-,41-35-,48-45-. The highest BCUT2D eigenvalue weighted by Crippen LogP contribution is 2.45. The number of carbonyl (C=O) groups is 4. The number of esters is 4. The molecular weight excluding hydrogens is 1330 g/mol. The normalized spacial score (nSPS) is 14.5. The van der Waals surface area contributed by atoms with E-state index in [0.29, 0.717) is 25.7 Å². The minimum absolute atomic E-state index is 0.0807. The number of ether oxygens (including phenoxy) is 4. The van der Waals surface area contributed by atoms with Crippen LogP contribution in [-0.2, 0) is 65.4 Å². The maximum atomic E-state index is 13.1. The summed E-state index contributed by atoms with van der Waals surface area (Å²) in [5, 5.41) is 10.6. The molecule has 0 fully saturated rings. The van der Waals surface area contributed by atoms with Gasteiger partial charge in [-0.3, -0.25) is 37.3 Å². The Kier molecular flexibility index (Phi) is 71.8. The van der Waals surface area contributed by atoms with Gasteiger partial charge in [0.25, 0.3) is 0 Å². The number of unbranched alkanes of at least 4 members (excludes halogenated alkanes) is 31. The largest absolute Gasteiger partial charge is 0.472 e. The Morgan fingerprint density at radius 1 is 0.284 bits per heavy atom. The van der Waals surface area contributed by atoms with Gasteiger partial charge in [-0.05, 0) is 128 Å². The molecule has 19 heteroatoms. The molecule has 3 N–H and O–H groups in total. The average Bonchev–Trinajstić information content (AvgIpc) is 0.908. The van der Waals surface area contributed by atoms with Crippen molar-refractivity contribution in [1.82, 2.24) is 0 Å². The van der Waals surface area contributed by atoms with Crippen LogP contribution in [0.5, 0.6) is 0 Å². The van der Waals surface area contributed by atoms with Gasteiger partial charge in [-0.15, -0.1) is 0 Å². The first-order valence-corrected chi connectivity index (χ1v) is 43.1. The van der Waals surface area contributed by atoms with Crippen molar-refractivity contribution in [2.75, 3.05) is 39.6 Å². The third kappa shape index (κ3) is 74.0. The van der Waals surface area contributed by atoms with Crippen molar-refractivity contribution < 1.29 is 80.2 Å². The van der Waals surface area contributed by atoms with Crippen molar-refractivity contribution >= 4 is 39.5 Å². The van der Waals surface area contributed by atoms with Crippen LogP contribution in [-0.4, -0.2) is 96.7 Å². The van der Waals surface area contributed by atoms with Crippen LogP contribution < -0.4 is 0 Å². The zero-order chi connectivity index (χ0) is 74.6. The van der Waals surface area contributed by atoms with E-state index in [-0.39, 0.29) is 25.7 Å². The minimum Gasteiger partial charge on any atom is -0.462 e. The SMILES string of the molecule is CC/C=C\C/C=C\C/C=C\C/C=C\C/C=C\CCCCCC(=O)OCC(COP(=O)(O)OCC(O)COP(=O)(O)OCC(COC(=O)CCCCCCC/C=C\C/C=C\C/C=C\CC)OC(=O)CCCCCCC/C=C\CCCCCCCC)OC(=O)CCCCCCCCCCCCCCC. The van der Waals surface area contributed by atoms with Crippen LogP contribution in [0.1, 0.15) is 336 Å². The number of hydrogen-bond acceptors (Lipinski definition) is 15. The number of phosphoric ester groups is 2. The number of hydrogen-bond donors (Lipinski definition) is 3. The lowest BCUT2D eigenvalue weighted by Gasteiger charge is -2.21. The fourth-order valence-electron chi connectivity index (χ4n) is 10.7. The Bertz CT molecular complexity index is 2360. The number of aliphatic hydroxyl groups excluding tert-OH is 1. The zero-order valence-electron chi connectivity index (χ0n) is 64.3. The lowest BCUT2D eigenvalue weighted by Crippen LogP contribution is -2.30. The molecule has 5 unspecified atom stereocenters. The number of aliphatic hydroxyl groups is 1. The third-order valence-electron chi connectivity index (χ3n) is 16.7. The second kappa shape index (κ2) is 75.0. The van der Waals surface area contributed by atoms with Gasteiger partial charge < -0.3 is 33.8 Å². The molecule has 0 amide bonds. The fourth-order valence-corrected chi connectivity index (χ4v) is 12.2. The molecule has 0 aromatic carbocycles. The molecule has 0 spiro atoms. The molecular formula is C83H144O17P2. The molecule has 588 valence electrons. The van der Waals surface area contributed by atoms with E-state index in [2.05, 4.69) is 137 Å². The summed E-state index contributed by atoms with van der Waals surface area (Å²) in [5.74, 6) is -2.22. The molecule has 0 aromatic heterocycles. The first-order valence-electron chi connectivity index (χ1n) is 40.1. The summed E-state index contributed by atoms with van der Waals surface area (Å²) in [6.07, 6.45) is 80.6.